The molecular weight excluding hydrogens is 250 g/mol. The Morgan fingerprint density at radius 2 is 2.22 bits per heavy atom. The molecule has 0 radical (unpaired) electrons. The molecule has 0 amide bonds. The minimum Gasteiger partial charge on any atom is -0.294 e. The lowest BCUT2D eigenvalue weighted by Gasteiger charge is -2.33. The van der Waals surface area contributed by atoms with Crippen LogP contribution in [-0.4, -0.2) is 33.7 Å². The average Bonchev–Trinajstić information content (AvgIpc) is 2.88. The van der Waals surface area contributed by atoms with Crippen molar-refractivity contribution in [2.45, 2.75) is 6.42 Å². The van der Waals surface area contributed by atoms with Crippen molar-refractivity contribution in [1.82, 2.24) is 14.8 Å². The zero-order valence-electron chi connectivity index (χ0n) is 9.54. The maximum Gasteiger partial charge on any atom is 0.234 e. The molecule has 0 unspecified atom stereocenters. The van der Waals surface area contributed by atoms with E-state index in [-0.39, 0.29) is 0 Å². The predicted octanol–water partition coefficient (Wildman–Crippen LogP) is 1.89. The Morgan fingerprint density at radius 3 is 3.17 bits per heavy atom. The average molecular weight is 260 g/mol. The van der Waals surface area contributed by atoms with Crippen LogP contribution in [0.5, 0.6) is 0 Å². The Kier molecular flexibility index (Phi) is 1.99. The van der Waals surface area contributed by atoms with E-state index in [9.17, 15) is 0 Å². The van der Waals surface area contributed by atoms with E-state index in [0.717, 1.165) is 42.5 Å². The van der Waals surface area contributed by atoms with Gasteiger partial charge in [-0.2, -0.15) is 14.8 Å². The van der Waals surface area contributed by atoms with E-state index in [1.54, 1.807) is 6.33 Å². The van der Waals surface area contributed by atoms with E-state index in [1.165, 1.54) is 0 Å². The van der Waals surface area contributed by atoms with Gasteiger partial charge < -0.3 is 0 Å². The van der Waals surface area contributed by atoms with E-state index in [0.29, 0.717) is 5.02 Å². The molecule has 0 bridgehead atoms. The number of rotatable bonds is 0. The summed E-state index contributed by atoms with van der Waals surface area (Å²) in [7, 11) is 0. The Hall–Kier alpha value is -1.88. The van der Waals surface area contributed by atoms with Gasteiger partial charge in [-0.15, -0.1) is 0 Å². The molecule has 0 spiro atoms. The van der Waals surface area contributed by atoms with Gasteiger partial charge in [0, 0.05) is 23.7 Å². The number of nitrogens with zero attached hydrogens (tertiary/aromatic N) is 5. The molecule has 6 heteroatoms. The number of aliphatic imine (C=N–C) groups is 1. The minimum atomic E-state index is 0.713. The standard InChI is InChI=1S/C12H10ClN5/c13-8-2-3-10-9(6-8)11-14-4-1-5-17(11)12-15-7-16-18(10)12/h2-3,6-7H,1,4-5H2. The molecule has 0 fully saturated rings. The number of amidine groups is 1. The number of halogens is 1. The first-order valence-electron chi connectivity index (χ1n) is 5.87. The van der Waals surface area contributed by atoms with E-state index < -0.39 is 0 Å². The van der Waals surface area contributed by atoms with Crippen LogP contribution in [0, 0.1) is 0 Å². The Bertz CT molecular complexity index is 660. The number of anilines is 1. The van der Waals surface area contributed by atoms with Gasteiger partial charge in [0.05, 0.1) is 5.69 Å². The fourth-order valence-electron chi connectivity index (χ4n) is 2.49. The molecule has 90 valence electrons. The van der Waals surface area contributed by atoms with Crippen molar-refractivity contribution in [2.24, 2.45) is 4.99 Å². The van der Waals surface area contributed by atoms with E-state index in [4.69, 9.17) is 11.6 Å². The van der Waals surface area contributed by atoms with Crippen molar-refractivity contribution in [1.29, 1.82) is 0 Å². The van der Waals surface area contributed by atoms with Gasteiger partial charge in [-0.1, -0.05) is 11.6 Å². The molecule has 0 atom stereocenters. The number of hydrogen-bond acceptors (Lipinski definition) is 4. The summed E-state index contributed by atoms with van der Waals surface area (Å²) in [6.45, 7) is 1.77. The Morgan fingerprint density at radius 1 is 1.28 bits per heavy atom. The van der Waals surface area contributed by atoms with Gasteiger partial charge in [-0.25, -0.2) is 0 Å². The second-order valence-corrected chi connectivity index (χ2v) is 4.78. The first-order chi connectivity index (χ1) is 8.84. The number of benzene rings is 1. The molecule has 18 heavy (non-hydrogen) atoms. The summed E-state index contributed by atoms with van der Waals surface area (Å²) in [6, 6.07) is 5.77. The highest BCUT2D eigenvalue weighted by Crippen LogP contribution is 2.31. The van der Waals surface area contributed by atoms with Crippen LogP contribution in [0.25, 0.3) is 5.69 Å². The van der Waals surface area contributed by atoms with Gasteiger partial charge in [0.25, 0.3) is 0 Å². The van der Waals surface area contributed by atoms with Gasteiger partial charge in [0.2, 0.25) is 5.95 Å². The zero-order chi connectivity index (χ0) is 12.1. The molecule has 0 aliphatic carbocycles. The van der Waals surface area contributed by atoms with Gasteiger partial charge >= 0.3 is 0 Å². The van der Waals surface area contributed by atoms with Crippen molar-refractivity contribution in [3.8, 4) is 5.69 Å². The first kappa shape index (κ1) is 10.1. The second-order valence-electron chi connectivity index (χ2n) is 4.34. The smallest absolute Gasteiger partial charge is 0.234 e. The van der Waals surface area contributed by atoms with E-state index in [2.05, 4.69) is 20.0 Å². The normalized spacial score (nSPS) is 16.7. The maximum atomic E-state index is 6.09. The summed E-state index contributed by atoms with van der Waals surface area (Å²) in [5, 5.41) is 5.00. The number of hydrogen-bond donors (Lipinski definition) is 0. The molecule has 0 N–H and O–H groups in total. The molecule has 1 aromatic carbocycles. The molecule has 5 nitrogen and oxygen atoms in total. The summed E-state index contributed by atoms with van der Waals surface area (Å²) in [6.07, 6.45) is 2.61. The molecule has 0 saturated carbocycles. The SMILES string of the molecule is Clc1ccc2c(c1)C1=NCCCN1c1ncnn1-2. The molecule has 2 aromatic rings. The fraction of sp³-hybridized carbons (Fsp3) is 0.250. The number of fused-ring (bicyclic) bond motifs is 6. The highest BCUT2D eigenvalue weighted by Gasteiger charge is 2.31. The second kappa shape index (κ2) is 3.55. The van der Waals surface area contributed by atoms with Crippen LogP contribution in [0.15, 0.2) is 29.5 Å². The van der Waals surface area contributed by atoms with Gasteiger partial charge in [-0.3, -0.25) is 9.89 Å². The van der Waals surface area contributed by atoms with Crippen LogP contribution in [0.1, 0.15) is 12.0 Å². The topological polar surface area (TPSA) is 46.3 Å². The predicted molar refractivity (Wildman–Crippen MR) is 69.7 cm³/mol. The lowest BCUT2D eigenvalue weighted by Crippen LogP contribution is -2.41. The Labute approximate surface area is 109 Å². The maximum absolute atomic E-state index is 6.09. The third-order valence-corrected chi connectivity index (χ3v) is 3.49. The molecule has 0 saturated heterocycles. The van der Waals surface area contributed by atoms with Gasteiger partial charge in [0.15, 0.2) is 0 Å². The largest absolute Gasteiger partial charge is 0.294 e. The third kappa shape index (κ3) is 1.25. The van der Waals surface area contributed by atoms with Crippen molar-refractivity contribution < 1.29 is 0 Å². The highest BCUT2D eigenvalue weighted by molar-refractivity contribution is 6.31. The van der Waals surface area contributed by atoms with E-state index >= 15 is 0 Å². The summed E-state index contributed by atoms with van der Waals surface area (Å²) >= 11 is 6.09. The van der Waals surface area contributed by atoms with E-state index in [1.807, 2.05) is 22.9 Å². The fourth-order valence-corrected chi connectivity index (χ4v) is 2.66. The van der Waals surface area contributed by atoms with Crippen LogP contribution in [-0.2, 0) is 0 Å². The first-order valence-corrected chi connectivity index (χ1v) is 6.25. The summed E-state index contributed by atoms with van der Waals surface area (Å²) in [5.74, 6) is 1.79. The monoisotopic (exact) mass is 259 g/mol. The van der Waals surface area contributed by atoms with Crippen LogP contribution in [0.3, 0.4) is 0 Å². The molecule has 4 rings (SSSR count). The summed E-state index contributed by atoms with van der Waals surface area (Å²) in [4.78, 5) is 11.0. The lowest BCUT2D eigenvalue weighted by atomic mass is 10.1. The van der Waals surface area contributed by atoms with Gasteiger partial charge in [0.1, 0.15) is 12.2 Å². The molecule has 2 aliphatic rings. The van der Waals surface area contributed by atoms with Crippen molar-refractivity contribution in [2.75, 3.05) is 18.0 Å². The summed E-state index contributed by atoms with van der Waals surface area (Å²) in [5.41, 5.74) is 2.02. The van der Waals surface area contributed by atoms with Crippen molar-refractivity contribution in [3.63, 3.8) is 0 Å². The number of aromatic nitrogens is 3. The third-order valence-electron chi connectivity index (χ3n) is 3.26. The molecule has 1 aromatic heterocycles. The lowest BCUT2D eigenvalue weighted by molar-refractivity contribution is 0.742. The molecule has 2 aliphatic heterocycles. The quantitative estimate of drug-likeness (QED) is 0.726. The Balaban J connectivity index is 2.06. The van der Waals surface area contributed by atoms with Crippen LogP contribution in [0.4, 0.5) is 5.95 Å². The van der Waals surface area contributed by atoms with Crippen LogP contribution >= 0.6 is 11.6 Å². The molecule has 3 heterocycles. The van der Waals surface area contributed by atoms with Crippen LogP contribution in [0.2, 0.25) is 5.02 Å². The van der Waals surface area contributed by atoms with Gasteiger partial charge in [-0.05, 0) is 24.6 Å². The van der Waals surface area contributed by atoms with Crippen molar-refractivity contribution >= 4 is 23.4 Å². The minimum absolute atomic E-state index is 0.713. The van der Waals surface area contributed by atoms with Crippen molar-refractivity contribution in [3.05, 3.63) is 35.1 Å². The zero-order valence-corrected chi connectivity index (χ0v) is 10.3. The molecular formula is C12H10ClN5. The van der Waals surface area contributed by atoms with Crippen LogP contribution < -0.4 is 4.90 Å². The highest BCUT2D eigenvalue weighted by atomic mass is 35.5. The summed E-state index contributed by atoms with van der Waals surface area (Å²) < 4.78 is 1.84.